The summed E-state index contributed by atoms with van der Waals surface area (Å²) in [7, 11) is 6.55. The molecule has 0 saturated carbocycles. The van der Waals surface area contributed by atoms with E-state index in [1.807, 2.05) is 0 Å². The van der Waals surface area contributed by atoms with Gasteiger partial charge >= 0.3 is 0 Å². The number of hydrogen-bond acceptors (Lipinski definition) is 7. The molecule has 0 bridgehead atoms. The van der Waals surface area contributed by atoms with E-state index in [0.29, 0.717) is 29.3 Å². The minimum Gasteiger partial charge on any atom is -0.364 e. The van der Waals surface area contributed by atoms with Gasteiger partial charge in [-0.05, 0) is 40.2 Å². The molecule has 0 aliphatic heterocycles. The molecule has 5 amide bonds. The summed E-state index contributed by atoms with van der Waals surface area (Å²) in [6.07, 6.45) is 7.63. The molecule has 49 heavy (non-hydrogen) atoms. The van der Waals surface area contributed by atoms with Crippen molar-refractivity contribution in [2.75, 3.05) is 28.6 Å². The first-order valence-electron chi connectivity index (χ1n) is 14.2. The van der Waals surface area contributed by atoms with Gasteiger partial charge in [0.2, 0.25) is 0 Å². The monoisotopic (exact) mass is 758 g/mol. The first kappa shape index (κ1) is 37.9. The molecule has 4 aromatic rings. The number of nitrogens with one attached hydrogen (secondary N) is 4. The van der Waals surface area contributed by atoms with Crippen LogP contribution in [0.4, 0.5) is 22.7 Å². The zero-order chi connectivity index (χ0) is 35.3. The Kier molecular flexibility index (Phi) is 12.4. The third-order valence-corrected chi connectivity index (χ3v) is 7.48. The van der Waals surface area contributed by atoms with Crippen LogP contribution < -0.4 is 37.9 Å². The van der Waals surface area contributed by atoms with Crippen LogP contribution in [0.1, 0.15) is 42.0 Å². The SMILES string of the molecule is C=C(Br)C(=O)N(c1cc(C(N)=O)n(C)c1)c1cc(C(=O)Nc2ccn(C)c2C(=O)Nc2cc(C(=O)NCCN=CNN)n(C)c2)n(C)c1.Cl. The van der Waals surface area contributed by atoms with E-state index in [1.165, 1.54) is 38.6 Å². The molecule has 0 fully saturated rings. The largest absolute Gasteiger partial charge is 0.364 e. The number of nitrogens with two attached hydrogens (primary N) is 2. The molecule has 8 N–H and O–H groups in total. The zero-order valence-electron chi connectivity index (χ0n) is 27.0. The molecule has 0 spiro atoms. The smallest absolute Gasteiger partial charge is 0.274 e. The summed E-state index contributed by atoms with van der Waals surface area (Å²) in [5, 5.41) is 8.27. The van der Waals surface area contributed by atoms with Crippen LogP contribution in [0.3, 0.4) is 0 Å². The van der Waals surface area contributed by atoms with Crippen molar-refractivity contribution in [2.24, 2.45) is 44.8 Å². The Morgan fingerprint density at radius 3 is 2.06 bits per heavy atom. The second kappa shape index (κ2) is 16.0. The molecule has 0 aliphatic rings. The number of carbonyl (C=O) groups is 5. The van der Waals surface area contributed by atoms with Crippen molar-refractivity contribution in [3.63, 3.8) is 0 Å². The van der Waals surface area contributed by atoms with Gasteiger partial charge in [-0.3, -0.25) is 33.9 Å². The number of aryl methyl sites for hydroxylation is 4. The summed E-state index contributed by atoms with van der Waals surface area (Å²) in [5.74, 6) is 2.45. The van der Waals surface area contributed by atoms with Crippen LogP contribution in [0, 0.1) is 0 Å². The van der Waals surface area contributed by atoms with Gasteiger partial charge in [0.25, 0.3) is 29.5 Å². The van der Waals surface area contributed by atoms with Gasteiger partial charge in [-0.1, -0.05) is 6.58 Å². The molecular weight excluding hydrogens is 724 g/mol. The van der Waals surface area contributed by atoms with Gasteiger partial charge in [0, 0.05) is 59.5 Å². The Hall–Kier alpha value is -5.59. The highest BCUT2D eigenvalue weighted by molar-refractivity contribution is 9.12. The minimum absolute atomic E-state index is 0. The van der Waals surface area contributed by atoms with Gasteiger partial charge in [0.05, 0.1) is 40.1 Å². The molecule has 0 aliphatic carbocycles. The zero-order valence-corrected chi connectivity index (χ0v) is 29.4. The molecule has 4 rings (SSSR count). The van der Waals surface area contributed by atoms with Crippen LogP contribution in [0.2, 0.25) is 0 Å². The topological polar surface area (TPSA) is 221 Å². The van der Waals surface area contributed by atoms with Gasteiger partial charge in [0.15, 0.2) is 0 Å². The standard InChI is InChI=1S/C30H35BrN12O5.ClH/c1-17(31)30(48)43(19-11-22(26(32)44)41(4)14-19)20-12-24(42(5)15-20)28(46)38-21-6-9-39(2)25(21)29(47)37-18-10-23(40(3)13-18)27(45)35-8-7-34-16-36-33;/h6,9-16H,1,7-8,33H2,2-5H3,(H2,32,44)(H,34,36)(H,35,45)(H,37,47)(H,38,46);1H. The Bertz CT molecular complexity index is 1950. The number of amides is 5. The third kappa shape index (κ3) is 8.47. The van der Waals surface area contributed by atoms with E-state index in [1.54, 1.807) is 68.2 Å². The van der Waals surface area contributed by atoms with Gasteiger partial charge in [-0.25, -0.2) is 5.84 Å². The van der Waals surface area contributed by atoms with Crippen molar-refractivity contribution in [3.05, 3.63) is 82.9 Å². The highest BCUT2D eigenvalue weighted by Crippen LogP contribution is 2.32. The highest BCUT2D eigenvalue weighted by Gasteiger charge is 2.27. The Balaban J connectivity index is 0.00000650. The number of rotatable bonds is 13. The second-order valence-electron chi connectivity index (χ2n) is 10.6. The van der Waals surface area contributed by atoms with Crippen LogP contribution in [0.15, 0.2) is 65.1 Å². The maximum absolute atomic E-state index is 13.5. The fourth-order valence-electron chi connectivity index (χ4n) is 4.90. The van der Waals surface area contributed by atoms with Gasteiger partial charge in [-0.2, -0.15) is 0 Å². The first-order chi connectivity index (χ1) is 22.7. The van der Waals surface area contributed by atoms with Crippen molar-refractivity contribution < 1.29 is 24.0 Å². The second-order valence-corrected chi connectivity index (χ2v) is 11.5. The van der Waals surface area contributed by atoms with E-state index in [4.69, 9.17) is 11.6 Å². The van der Waals surface area contributed by atoms with Gasteiger partial charge in [0.1, 0.15) is 22.8 Å². The molecule has 4 aromatic heterocycles. The summed E-state index contributed by atoms with van der Waals surface area (Å²) < 4.78 is 6.15. The summed E-state index contributed by atoms with van der Waals surface area (Å²) in [4.78, 5) is 69.8. The summed E-state index contributed by atoms with van der Waals surface area (Å²) in [6, 6.07) is 6.04. The van der Waals surface area contributed by atoms with Crippen molar-refractivity contribution in [2.45, 2.75) is 0 Å². The molecule has 0 unspecified atom stereocenters. The minimum atomic E-state index is -0.679. The van der Waals surface area contributed by atoms with Gasteiger partial charge < -0.3 is 45.4 Å². The number of hydrazine groups is 1. The molecule has 260 valence electrons. The predicted octanol–water partition coefficient (Wildman–Crippen LogP) is 1.86. The lowest BCUT2D eigenvalue weighted by molar-refractivity contribution is -0.113. The maximum atomic E-state index is 13.5. The van der Waals surface area contributed by atoms with Crippen LogP contribution in [0.25, 0.3) is 0 Å². The average molecular weight is 760 g/mol. The third-order valence-electron chi connectivity index (χ3n) is 7.14. The number of hydrogen-bond donors (Lipinski definition) is 6. The van der Waals surface area contributed by atoms with Crippen LogP contribution in [0.5, 0.6) is 0 Å². The number of primary amides is 1. The average Bonchev–Trinajstić information content (AvgIpc) is 3.78. The van der Waals surface area contributed by atoms with E-state index in [-0.39, 0.29) is 52.1 Å². The Morgan fingerprint density at radius 2 is 1.47 bits per heavy atom. The molecule has 0 radical (unpaired) electrons. The number of carbonyl (C=O) groups excluding carboxylic acids is 5. The van der Waals surface area contributed by atoms with Crippen molar-refractivity contribution >= 4 is 87.0 Å². The summed E-state index contributed by atoms with van der Waals surface area (Å²) >= 11 is 3.12. The molecule has 0 atom stereocenters. The maximum Gasteiger partial charge on any atom is 0.274 e. The fraction of sp³-hybridized carbons (Fsp3) is 0.200. The van der Waals surface area contributed by atoms with E-state index in [0.717, 1.165) is 0 Å². The molecule has 0 saturated heterocycles. The van der Waals surface area contributed by atoms with Crippen molar-refractivity contribution in [3.8, 4) is 0 Å². The number of halogens is 2. The fourth-order valence-corrected chi connectivity index (χ4v) is 5.08. The predicted molar refractivity (Wildman–Crippen MR) is 192 cm³/mol. The Morgan fingerprint density at radius 1 is 0.878 bits per heavy atom. The number of aromatic nitrogens is 4. The van der Waals surface area contributed by atoms with E-state index in [9.17, 15) is 24.0 Å². The van der Waals surface area contributed by atoms with Crippen LogP contribution >= 0.6 is 28.3 Å². The lowest BCUT2D eigenvalue weighted by atomic mass is 10.2. The van der Waals surface area contributed by atoms with Crippen molar-refractivity contribution in [1.82, 2.24) is 29.0 Å². The molecule has 4 heterocycles. The Labute approximate surface area is 295 Å². The quantitative estimate of drug-likeness (QED) is 0.0296. The lowest BCUT2D eigenvalue weighted by Gasteiger charge is -2.19. The molecule has 0 aromatic carbocycles. The molecular formula is C30H36BrClN12O5. The normalized spacial score (nSPS) is 10.7. The number of nitrogens with zero attached hydrogens (tertiary/aromatic N) is 6. The van der Waals surface area contributed by atoms with E-state index >= 15 is 0 Å². The first-order valence-corrected chi connectivity index (χ1v) is 15.0. The summed E-state index contributed by atoms with van der Waals surface area (Å²) in [6.45, 7) is 4.28. The molecule has 17 nitrogen and oxygen atoms in total. The van der Waals surface area contributed by atoms with Crippen LogP contribution in [-0.4, -0.2) is 67.2 Å². The van der Waals surface area contributed by atoms with Crippen LogP contribution in [-0.2, 0) is 33.0 Å². The number of anilines is 4. The highest BCUT2D eigenvalue weighted by atomic mass is 79.9. The molecule has 19 heteroatoms. The lowest BCUT2D eigenvalue weighted by Crippen LogP contribution is -2.28. The van der Waals surface area contributed by atoms with E-state index in [2.05, 4.69) is 48.9 Å². The van der Waals surface area contributed by atoms with Crippen molar-refractivity contribution in [1.29, 1.82) is 0 Å². The number of aliphatic imine (C=N–C) groups is 1. The summed E-state index contributed by atoms with van der Waals surface area (Å²) in [5.41, 5.74) is 9.75. The van der Waals surface area contributed by atoms with E-state index < -0.39 is 23.6 Å². The van der Waals surface area contributed by atoms with Gasteiger partial charge in [-0.15, -0.1) is 12.4 Å².